The number of guanidine groups is 1. The Bertz CT molecular complexity index is 810. The molecule has 1 aromatic carbocycles. The van der Waals surface area contributed by atoms with Gasteiger partial charge >= 0.3 is 0 Å². The molecule has 5 nitrogen and oxygen atoms in total. The molecule has 0 spiro atoms. The Balaban J connectivity index is 0.00000300. The fourth-order valence-corrected chi connectivity index (χ4v) is 3.85. The lowest BCUT2D eigenvalue weighted by Gasteiger charge is -2.13. The molecule has 0 bridgehead atoms. The van der Waals surface area contributed by atoms with Gasteiger partial charge in [0.2, 0.25) is 0 Å². The number of aliphatic imine (C=N–C) groups is 1. The largest absolute Gasteiger partial charge is 0.356 e. The predicted molar refractivity (Wildman–Crippen MR) is 131 cm³/mol. The zero-order valence-electron chi connectivity index (χ0n) is 17.3. The Morgan fingerprint density at radius 3 is 2.48 bits per heavy atom. The highest BCUT2D eigenvalue weighted by Gasteiger charge is 2.13. The van der Waals surface area contributed by atoms with Gasteiger partial charge in [0.25, 0.3) is 5.56 Å². The lowest BCUT2D eigenvalue weighted by Crippen LogP contribution is -2.37. The van der Waals surface area contributed by atoms with Crippen LogP contribution < -0.4 is 16.2 Å². The molecule has 2 N–H and O–H groups in total. The molecule has 6 heteroatoms. The first-order valence-corrected chi connectivity index (χ1v) is 10.4. The number of benzene rings is 1. The molecule has 0 saturated heterocycles. The Labute approximate surface area is 191 Å². The molecule has 2 aromatic rings. The SMILES string of the molecule is CN=C(NCCCC1CCCC1)NCc1ccc(Cn2ccccc2=O)cc1.I. The van der Waals surface area contributed by atoms with Crippen LogP contribution in [0.25, 0.3) is 0 Å². The number of hydrogen-bond donors (Lipinski definition) is 2. The lowest BCUT2D eigenvalue weighted by atomic mass is 10.0. The Hall–Kier alpha value is -1.83. The molecule has 0 amide bonds. The number of pyridine rings is 1. The van der Waals surface area contributed by atoms with Crippen molar-refractivity contribution < 1.29 is 0 Å². The number of aromatic nitrogens is 1. The molecule has 0 aliphatic heterocycles. The van der Waals surface area contributed by atoms with Crippen LogP contribution in [0, 0.1) is 5.92 Å². The quantitative estimate of drug-likeness (QED) is 0.244. The van der Waals surface area contributed by atoms with Gasteiger partial charge in [-0.3, -0.25) is 9.79 Å². The van der Waals surface area contributed by atoms with E-state index in [0.29, 0.717) is 6.54 Å². The molecule has 1 heterocycles. The summed E-state index contributed by atoms with van der Waals surface area (Å²) >= 11 is 0. The Kier molecular flexibility index (Phi) is 10.2. The van der Waals surface area contributed by atoms with E-state index in [9.17, 15) is 4.79 Å². The van der Waals surface area contributed by atoms with Crippen LogP contribution in [0.2, 0.25) is 0 Å². The lowest BCUT2D eigenvalue weighted by molar-refractivity contribution is 0.481. The molecule has 1 saturated carbocycles. The van der Waals surface area contributed by atoms with E-state index >= 15 is 0 Å². The Morgan fingerprint density at radius 2 is 1.79 bits per heavy atom. The molecule has 0 atom stereocenters. The molecule has 3 rings (SSSR count). The van der Waals surface area contributed by atoms with Gasteiger partial charge in [0.15, 0.2) is 5.96 Å². The standard InChI is InChI=1S/C23H32N4O.HI/c1-24-23(25-15-6-9-19-7-2-3-8-19)26-17-20-11-13-21(14-12-20)18-27-16-5-4-10-22(27)28;/h4-5,10-14,16,19H,2-3,6-9,15,17-18H2,1H3,(H2,24,25,26);1H. The highest BCUT2D eigenvalue weighted by Crippen LogP contribution is 2.28. The zero-order valence-corrected chi connectivity index (χ0v) is 19.6. The van der Waals surface area contributed by atoms with E-state index < -0.39 is 0 Å². The minimum atomic E-state index is 0. The van der Waals surface area contributed by atoms with Gasteiger partial charge in [-0.25, -0.2) is 0 Å². The molecule has 158 valence electrons. The topological polar surface area (TPSA) is 58.4 Å². The van der Waals surface area contributed by atoms with Crippen molar-refractivity contribution in [1.82, 2.24) is 15.2 Å². The molecule has 0 unspecified atom stereocenters. The van der Waals surface area contributed by atoms with Crippen molar-refractivity contribution in [2.75, 3.05) is 13.6 Å². The average Bonchev–Trinajstić information content (AvgIpc) is 3.24. The van der Waals surface area contributed by atoms with Crippen LogP contribution >= 0.6 is 24.0 Å². The fraction of sp³-hybridized carbons (Fsp3) is 0.478. The molecular formula is C23H33IN4O. The third-order valence-electron chi connectivity index (χ3n) is 5.51. The summed E-state index contributed by atoms with van der Waals surface area (Å²) in [4.78, 5) is 16.1. The van der Waals surface area contributed by atoms with Gasteiger partial charge in [-0.2, -0.15) is 0 Å². The van der Waals surface area contributed by atoms with Crippen LogP contribution in [0.3, 0.4) is 0 Å². The van der Waals surface area contributed by atoms with Gasteiger partial charge in [0.1, 0.15) is 0 Å². The van der Waals surface area contributed by atoms with Crippen molar-refractivity contribution in [3.8, 4) is 0 Å². The van der Waals surface area contributed by atoms with E-state index in [-0.39, 0.29) is 29.5 Å². The zero-order chi connectivity index (χ0) is 19.6. The molecule has 29 heavy (non-hydrogen) atoms. The first kappa shape index (κ1) is 23.4. The maximum absolute atomic E-state index is 11.8. The van der Waals surface area contributed by atoms with E-state index in [1.165, 1.54) is 44.1 Å². The summed E-state index contributed by atoms with van der Waals surface area (Å²) in [6, 6.07) is 13.6. The van der Waals surface area contributed by atoms with Crippen LogP contribution in [0.5, 0.6) is 0 Å². The van der Waals surface area contributed by atoms with Crippen molar-refractivity contribution in [2.24, 2.45) is 10.9 Å². The third-order valence-corrected chi connectivity index (χ3v) is 5.51. The van der Waals surface area contributed by atoms with Crippen LogP contribution in [0.1, 0.15) is 49.7 Å². The maximum Gasteiger partial charge on any atom is 0.250 e. The van der Waals surface area contributed by atoms with E-state index in [2.05, 4.69) is 39.9 Å². The van der Waals surface area contributed by atoms with Gasteiger partial charge < -0.3 is 15.2 Å². The van der Waals surface area contributed by atoms with E-state index in [1.54, 1.807) is 16.7 Å². The van der Waals surface area contributed by atoms with Gasteiger partial charge in [-0.1, -0.05) is 56.0 Å². The second-order valence-electron chi connectivity index (χ2n) is 7.63. The van der Waals surface area contributed by atoms with E-state index in [1.807, 2.05) is 19.3 Å². The number of nitrogens with zero attached hydrogens (tertiary/aromatic N) is 2. The van der Waals surface area contributed by atoms with Crippen LogP contribution in [-0.2, 0) is 13.1 Å². The van der Waals surface area contributed by atoms with Crippen molar-refractivity contribution in [3.63, 3.8) is 0 Å². The van der Waals surface area contributed by atoms with Crippen molar-refractivity contribution in [1.29, 1.82) is 0 Å². The number of nitrogens with one attached hydrogen (secondary N) is 2. The van der Waals surface area contributed by atoms with E-state index in [0.717, 1.165) is 30.5 Å². The first-order valence-electron chi connectivity index (χ1n) is 10.4. The summed E-state index contributed by atoms with van der Waals surface area (Å²) in [6.45, 7) is 2.30. The molecule has 1 aliphatic rings. The number of halogens is 1. The van der Waals surface area contributed by atoms with Crippen molar-refractivity contribution in [2.45, 2.75) is 51.6 Å². The molecule has 1 aromatic heterocycles. The van der Waals surface area contributed by atoms with Gasteiger partial charge in [-0.05, 0) is 36.0 Å². The van der Waals surface area contributed by atoms with Gasteiger partial charge in [0, 0.05) is 32.4 Å². The van der Waals surface area contributed by atoms with Crippen LogP contribution in [0.4, 0.5) is 0 Å². The summed E-state index contributed by atoms with van der Waals surface area (Å²) in [7, 11) is 1.81. The number of rotatable bonds is 8. The summed E-state index contributed by atoms with van der Waals surface area (Å²) in [5.74, 6) is 1.80. The summed E-state index contributed by atoms with van der Waals surface area (Å²) in [5.41, 5.74) is 2.33. The second-order valence-corrected chi connectivity index (χ2v) is 7.63. The summed E-state index contributed by atoms with van der Waals surface area (Å²) < 4.78 is 1.71. The van der Waals surface area contributed by atoms with Gasteiger partial charge in [-0.15, -0.1) is 24.0 Å². The fourth-order valence-electron chi connectivity index (χ4n) is 3.85. The van der Waals surface area contributed by atoms with Gasteiger partial charge in [0.05, 0.1) is 6.54 Å². The maximum atomic E-state index is 11.8. The van der Waals surface area contributed by atoms with Crippen molar-refractivity contribution in [3.05, 3.63) is 70.1 Å². The minimum Gasteiger partial charge on any atom is -0.356 e. The van der Waals surface area contributed by atoms with Crippen LogP contribution in [0.15, 0.2) is 58.4 Å². The summed E-state index contributed by atoms with van der Waals surface area (Å²) in [5, 5.41) is 6.79. The average molecular weight is 508 g/mol. The van der Waals surface area contributed by atoms with Crippen LogP contribution in [-0.4, -0.2) is 24.1 Å². The molecule has 1 fully saturated rings. The third kappa shape index (κ3) is 7.84. The molecule has 0 radical (unpaired) electrons. The normalized spacial score (nSPS) is 14.4. The van der Waals surface area contributed by atoms with Crippen molar-refractivity contribution >= 4 is 29.9 Å². The number of hydrogen-bond acceptors (Lipinski definition) is 2. The summed E-state index contributed by atoms with van der Waals surface area (Å²) in [6.07, 6.45) is 10.0. The highest BCUT2D eigenvalue weighted by atomic mass is 127. The first-order chi connectivity index (χ1) is 13.7. The molecule has 1 aliphatic carbocycles. The highest BCUT2D eigenvalue weighted by molar-refractivity contribution is 14.0. The van der Waals surface area contributed by atoms with E-state index in [4.69, 9.17) is 0 Å². The molecular weight excluding hydrogens is 475 g/mol. The minimum absolute atomic E-state index is 0. The second kappa shape index (κ2) is 12.7. The predicted octanol–water partition coefficient (Wildman–Crippen LogP) is 4.15. The Morgan fingerprint density at radius 1 is 1.07 bits per heavy atom. The smallest absolute Gasteiger partial charge is 0.250 e. The monoisotopic (exact) mass is 508 g/mol.